The molecule has 0 spiro atoms. The lowest BCUT2D eigenvalue weighted by atomic mass is 9.95. The molecule has 6 rings (SSSR count). The van der Waals surface area contributed by atoms with Gasteiger partial charge in [-0.15, -0.1) is 0 Å². The van der Waals surface area contributed by atoms with Crippen LogP contribution in [0.3, 0.4) is 0 Å². The first-order chi connectivity index (χ1) is 22.2. The quantitative estimate of drug-likeness (QED) is 0.184. The Morgan fingerprint density at radius 1 is 0.978 bits per heavy atom. The minimum absolute atomic E-state index is 0.218. The van der Waals surface area contributed by atoms with Gasteiger partial charge in [0.15, 0.2) is 4.80 Å². The highest BCUT2D eigenvalue weighted by molar-refractivity contribution is 7.07. The van der Waals surface area contributed by atoms with Crippen molar-refractivity contribution in [3.63, 3.8) is 0 Å². The molecule has 7 nitrogen and oxygen atoms in total. The lowest BCUT2D eigenvalue weighted by molar-refractivity contribution is -0.113. The first-order valence-corrected chi connectivity index (χ1v) is 16.1. The Labute approximate surface area is 283 Å². The number of benzene rings is 4. The number of carbonyl (C=O) groups is 1. The summed E-state index contributed by atoms with van der Waals surface area (Å²) in [6.45, 7) is 1.99. The molecule has 5 aromatic rings. The molecule has 0 radical (unpaired) electrons. The predicted molar refractivity (Wildman–Crippen MR) is 184 cm³/mol. The summed E-state index contributed by atoms with van der Waals surface area (Å²) in [7, 11) is 1.57. The zero-order chi connectivity index (χ0) is 32.4. The smallest absolute Gasteiger partial charge is 0.271 e. The van der Waals surface area contributed by atoms with Crippen molar-refractivity contribution in [1.29, 1.82) is 0 Å². The summed E-state index contributed by atoms with van der Waals surface area (Å²) in [5.41, 5.74) is 3.30. The van der Waals surface area contributed by atoms with E-state index in [0.717, 1.165) is 5.56 Å². The molecule has 0 saturated heterocycles. The molecule has 232 valence electrons. The maximum Gasteiger partial charge on any atom is 0.271 e. The van der Waals surface area contributed by atoms with E-state index in [-0.39, 0.29) is 18.1 Å². The van der Waals surface area contributed by atoms with Crippen LogP contribution in [0.5, 0.6) is 11.5 Å². The number of hydrogen-bond acceptors (Lipinski definition) is 6. The molecular formula is C35H26Cl3N3O4S. The van der Waals surface area contributed by atoms with E-state index in [2.05, 4.69) is 5.32 Å². The summed E-state index contributed by atoms with van der Waals surface area (Å²) in [5, 5.41) is 4.32. The second-order valence-electron chi connectivity index (χ2n) is 10.4. The van der Waals surface area contributed by atoms with Crippen LogP contribution in [0.1, 0.15) is 29.7 Å². The Morgan fingerprint density at radius 2 is 1.78 bits per heavy atom. The van der Waals surface area contributed by atoms with Gasteiger partial charge in [0.25, 0.3) is 11.5 Å². The van der Waals surface area contributed by atoms with Gasteiger partial charge in [0, 0.05) is 16.3 Å². The first kappa shape index (κ1) is 31.6. The number of amides is 1. The number of aromatic nitrogens is 1. The predicted octanol–water partition coefficient (Wildman–Crippen LogP) is 7.42. The van der Waals surface area contributed by atoms with Crippen molar-refractivity contribution in [2.24, 2.45) is 4.99 Å². The fourth-order valence-corrected chi connectivity index (χ4v) is 6.69. The van der Waals surface area contributed by atoms with Gasteiger partial charge in [-0.2, -0.15) is 0 Å². The average Bonchev–Trinajstić information content (AvgIpc) is 3.35. The topological polar surface area (TPSA) is 81.9 Å². The maximum atomic E-state index is 14.2. The number of thiazole rings is 1. The van der Waals surface area contributed by atoms with Gasteiger partial charge >= 0.3 is 0 Å². The van der Waals surface area contributed by atoms with Gasteiger partial charge in [-0.3, -0.25) is 14.2 Å². The largest absolute Gasteiger partial charge is 0.497 e. The maximum absolute atomic E-state index is 14.2. The van der Waals surface area contributed by atoms with Crippen molar-refractivity contribution in [1.82, 2.24) is 4.57 Å². The van der Waals surface area contributed by atoms with E-state index in [9.17, 15) is 9.59 Å². The number of hydrogen-bond donors (Lipinski definition) is 1. The lowest BCUT2D eigenvalue weighted by Crippen LogP contribution is -2.40. The molecule has 1 aliphatic rings. The van der Waals surface area contributed by atoms with Crippen molar-refractivity contribution < 1.29 is 14.3 Å². The molecule has 1 aromatic heterocycles. The van der Waals surface area contributed by atoms with Crippen LogP contribution in [0.15, 0.2) is 112 Å². The van der Waals surface area contributed by atoms with E-state index in [1.807, 2.05) is 48.5 Å². The van der Waals surface area contributed by atoms with Gasteiger partial charge in [-0.1, -0.05) is 82.5 Å². The number of anilines is 1. The van der Waals surface area contributed by atoms with Crippen LogP contribution in [-0.4, -0.2) is 17.6 Å². The number of halogens is 3. The molecule has 1 aliphatic heterocycles. The van der Waals surface area contributed by atoms with Crippen molar-refractivity contribution in [3.8, 4) is 11.5 Å². The summed E-state index contributed by atoms with van der Waals surface area (Å²) >= 11 is 19.8. The third-order valence-corrected chi connectivity index (χ3v) is 9.30. The molecule has 0 unspecified atom stereocenters. The zero-order valence-electron chi connectivity index (χ0n) is 24.6. The van der Waals surface area contributed by atoms with Crippen LogP contribution in [0, 0.1) is 0 Å². The van der Waals surface area contributed by atoms with Gasteiger partial charge in [-0.25, -0.2) is 4.99 Å². The van der Waals surface area contributed by atoms with Crippen LogP contribution in [-0.2, 0) is 11.4 Å². The van der Waals surface area contributed by atoms with Gasteiger partial charge in [0.1, 0.15) is 18.1 Å². The van der Waals surface area contributed by atoms with Crippen LogP contribution in [0.25, 0.3) is 6.08 Å². The molecule has 1 amide bonds. The summed E-state index contributed by atoms with van der Waals surface area (Å²) in [4.78, 5) is 33.2. The van der Waals surface area contributed by atoms with Crippen LogP contribution in [0.4, 0.5) is 5.69 Å². The van der Waals surface area contributed by atoms with Crippen LogP contribution >= 0.6 is 46.1 Å². The minimum atomic E-state index is -0.762. The Kier molecular flexibility index (Phi) is 9.33. The van der Waals surface area contributed by atoms with Crippen molar-refractivity contribution >= 4 is 63.8 Å². The van der Waals surface area contributed by atoms with Crippen molar-refractivity contribution in [3.05, 3.63) is 154 Å². The van der Waals surface area contributed by atoms with E-state index in [0.29, 0.717) is 64.0 Å². The zero-order valence-corrected chi connectivity index (χ0v) is 27.7. The highest BCUT2D eigenvalue weighted by atomic mass is 35.5. The third kappa shape index (κ3) is 6.62. The van der Waals surface area contributed by atoms with Gasteiger partial charge < -0.3 is 14.8 Å². The Balaban J connectivity index is 1.44. The third-order valence-electron chi connectivity index (χ3n) is 7.34. The van der Waals surface area contributed by atoms with E-state index >= 15 is 0 Å². The fraction of sp³-hybridized carbons (Fsp3) is 0.114. The molecule has 0 fully saturated rings. The minimum Gasteiger partial charge on any atom is -0.497 e. The number of allylic oxidation sites excluding steroid dienone is 1. The number of nitrogens with zero attached hydrogens (tertiary/aromatic N) is 2. The summed E-state index contributed by atoms with van der Waals surface area (Å²) in [6.07, 6.45) is 1.73. The Hall–Kier alpha value is -4.34. The van der Waals surface area contributed by atoms with Crippen LogP contribution in [0.2, 0.25) is 15.1 Å². The molecule has 11 heteroatoms. The number of rotatable bonds is 8. The molecule has 2 heterocycles. The van der Waals surface area contributed by atoms with E-state index in [1.54, 1.807) is 67.1 Å². The molecule has 0 aliphatic carbocycles. The fourth-order valence-electron chi connectivity index (χ4n) is 5.15. The number of fused-ring (bicyclic) bond motifs is 1. The SMILES string of the molecule is COc1cccc([C@H]2C(C(=O)Nc3ccccc3)=C(C)N=c3s/c(=C\c4cc(Cl)ccc4OCc4ccc(Cl)c(Cl)c4)c(=O)n32)c1. The molecule has 46 heavy (non-hydrogen) atoms. The number of methoxy groups -OCH3 is 1. The highest BCUT2D eigenvalue weighted by Crippen LogP contribution is 2.33. The highest BCUT2D eigenvalue weighted by Gasteiger charge is 2.33. The second kappa shape index (κ2) is 13.6. The number of ether oxygens (including phenoxy) is 2. The second-order valence-corrected chi connectivity index (χ2v) is 12.7. The van der Waals surface area contributed by atoms with Gasteiger partial charge in [0.2, 0.25) is 0 Å². The molecule has 1 atom stereocenters. The standard InChI is InChI=1S/C35H26Cl3N3O4S/c1-20-31(33(42)40-25-8-4-3-5-9-25)32(22-7-6-10-26(17-22)44-2)41-34(43)30(46-35(41)39-20)18-23-16-24(36)12-14-29(23)45-19-21-11-13-27(37)28(38)15-21/h3-18,32H,19H2,1-2H3,(H,40,42)/b30-18-/t32-/m0/s1. The number of nitrogens with one attached hydrogen (secondary N) is 1. The molecule has 0 bridgehead atoms. The van der Waals surface area contributed by atoms with Crippen molar-refractivity contribution in [2.75, 3.05) is 12.4 Å². The monoisotopic (exact) mass is 689 g/mol. The summed E-state index contributed by atoms with van der Waals surface area (Å²) < 4.78 is 13.6. The lowest BCUT2D eigenvalue weighted by Gasteiger charge is -2.25. The molecule has 0 saturated carbocycles. The average molecular weight is 691 g/mol. The molecule has 1 N–H and O–H groups in total. The summed E-state index contributed by atoms with van der Waals surface area (Å²) in [6, 6.07) is 26.2. The summed E-state index contributed by atoms with van der Waals surface area (Å²) in [5.74, 6) is 0.756. The number of carbonyl (C=O) groups excluding carboxylic acids is 1. The molecule has 4 aromatic carbocycles. The Bertz CT molecular complexity index is 2180. The van der Waals surface area contributed by atoms with E-state index in [1.165, 1.54) is 11.3 Å². The van der Waals surface area contributed by atoms with Crippen molar-refractivity contribution in [2.45, 2.75) is 19.6 Å². The van der Waals surface area contributed by atoms with Gasteiger partial charge in [0.05, 0.1) is 39.0 Å². The van der Waals surface area contributed by atoms with E-state index < -0.39 is 6.04 Å². The van der Waals surface area contributed by atoms with Gasteiger partial charge in [-0.05, 0) is 78.7 Å². The first-order valence-electron chi connectivity index (χ1n) is 14.1. The normalized spacial score (nSPS) is 14.5. The van der Waals surface area contributed by atoms with Crippen LogP contribution < -0.4 is 29.7 Å². The van der Waals surface area contributed by atoms with E-state index in [4.69, 9.17) is 49.3 Å². The Morgan fingerprint density at radius 3 is 2.54 bits per heavy atom. The molecular weight excluding hydrogens is 665 g/mol. The number of para-hydroxylation sites is 1.